The van der Waals surface area contributed by atoms with Gasteiger partial charge in [-0.2, -0.15) is 11.8 Å². The standard InChI is InChI=1S/C11H17BrN2O3S2/c1-7(6-18-3)14-19(15,16)11-5-9(13)8(12)4-10(11)17-2/h4-5,7,14H,6,13H2,1-3H3. The maximum atomic E-state index is 12.3. The zero-order valence-electron chi connectivity index (χ0n) is 10.9. The number of anilines is 1. The number of ether oxygens (including phenoxy) is 1. The second-order valence-electron chi connectivity index (χ2n) is 4.00. The normalized spacial score (nSPS) is 13.3. The lowest BCUT2D eigenvalue weighted by atomic mass is 10.3. The second-order valence-corrected chi connectivity index (χ2v) is 7.45. The van der Waals surface area contributed by atoms with E-state index in [-0.39, 0.29) is 16.7 Å². The van der Waals surface area contributed by atoms with E-state index in [1.807, 2.05) is 13.2 Å². The van der Waals surface area contributed by atoms with Crippen LogP contribution in [0.4, 0.5) is 5.69 Å². The number of nitrogens with two attached hydrogens (primary N) is 1. The topological polar surface area (TPSA) is 81.4 Å². The van der Waals surface area contributed by atoms with E-state index in [0.717, 1.165) is 0 Å². The summed E-state index contributed by atoms with van der Waals surface area (Å²) in [6.07, 6.45) is 1.92. The number of sulfonamides is 1. The largest absolute Gasteiger partial charge is 0.495 e. The van der Waals surface area contributed by atoms with Gasteiger partial charge in [0.15, 0.2) is 0 Å². The predicted octanol–water partition coefficient (Wildman–Crippen LogP) is 2.07. The smallest absolute Gasteiger partial charge is 0.244 e. The fraction of sp³-hybridized carbons (Fsp3) is 0.455. The molecule has 0 spiro atoms. The summed E-state index contributed by atoms with van der Waals surface area (Å²) in [5, 5.41) is 0. The SMILES string of the molecule is COc1cc(Br)c(N)cc1S(=O)(=O)NC(C)CSC. The lowest BCUT2D eigenvalue weighted by Gasteiger charge is -2.16. The highest BCUT2D eigenvalue weighted by atomic mass is 79.9. The number of thioether (sulfide) groups is 1. The van der Waals surface area contributed by atoms with Crippen LogP contribution in [0.15, 0.2) is 21.5 Å². The van der Waals surface area contributed by atoms with Gasteiger partial charge in [0, 0.05) is 22.0 Å². The Morgan fingerprint density at radius 3 is 2.68 bits per heavy atom. The molecule has 8 heteroatoms. The summed E-state index contributed by atoms with van der Waals surface area (Å²) in [5.74, 6) is 0.943. The van der Waals surface area contributed by atoms with Crippen LogP contribution in [0.25, 0.3) is 0 Å². The highest BCUT2D eigenvalue weighted by molar-refractivity contribution is 9.10. The maximum Gasteiger partial charge on any atom is 0.244 e. The van der Waals surface area contributed by atoms with Gasteiger partial charge in [-0.1, -0.05) is 0 Å². The molecular weight excluding hydrogens is 352 g/mol. The van der Waals surface area contributed by atoms with Crippen LogP contribution in [-0.4, -0.2) is 33.6 Å². The van der Waals surface area contributed by atoms with E-state index in [1.165, 1.54) is 13.2 Å². The molecule has 0 aromatic heterocycles. The summed E-state index contributed by atoms with van der Waals surface area (Å²) >= 11 is 4.81. The molecule has 0 radical (unpaired) electrons. The van der Waals surface area contributed by atoms with Crippen LogP contribution >= 0.6 is 27.7 Å². The number of rotatable bonds is 6. The van der Waals surface area contributed by atoms with Crippen molar-refractivity contribution >= 4 is 43.4 Å². The minimum Gasteiger partial charge on any atom is -0.495 e. The highest BCUT2D eigenvalue weighted by Gasteiger charge is 2.22. The Labute approximate surface area is 126 Å². The van der Waals surface area contributed by atoms with Gasteiger partial charge in [-0.25, -0.2) is 13.1 Å². The molecule has 3 N–H and O–H groups in total. The van der Waals surface area contributed by atoms with Crippen molar-refractivity contribution in [2.45, 2.75) is 17.9 Å². The van der Waals surface area contributed by atoms with E-state index >= 15 is 0 Å². The summed E-state index contributed by atoms with van der Waals surface area (Å²) in [6, 6.07) is 2.76. The van der Waals surface area contributed by atoms with Crippen molar-refractivity contribution in [1.29, 1.82) is 0 Å². The zero-order chi connectivity index (χ0) is 14.6. The minimum absolute atomic E-state index is 0.0450. The Kier molecular flexibility index (Phi) is 5.97. The monoisotopic (exact) mass is 368 g/mol. The van der Waals surface area contributed by atoms with E-state index in [9.17, 15) is 8.42 Å². The van der Waals surface area contributed by atoms with E-state index < -0.39 is 10.0 Å². The van der Waals surface area contributed by atoms with E-state index in [4.69, 9.17) is 10.5 Å². The molecule has 1 rings (SSSR count). The number of hydrogen-bond donors (Lipinski definition) is 2. The van der Waals surface area contributed by atoms with Crippen molar-refractivity contribution in [3.63, 3.8) is 0 Å². The van der Waals surface area contributed by atoms with E-state index in [0.29, 0.717) is 15.9 Å². The summed E-state index contributed by atoms with van der Waals surface area (Å²) < 4.78 is 32.9. The Morgan fingerprint density at radius 2 is 2.16 bits per heavy atom. The van der Waals surface area contributed by atoms with Gasteiger partial charge in [0.05, 0.1) is 7.11 Å². The molecule has 0 bridgehead atoms. The lowest BCUT2D eigenvalue weighted by molar-refractivity contribution is 0.402. The minimum atomic E-state index is -3.65. The molecule has 1 aromatic rings. The third-order valence-corrected chi connectivity index (χ3v) is 5.48. The first kappa shape index (κ1) is 16.6. The average Bonchev–Trinajstić information content (AvgIpc) is 2.31. The molecule has 0 aliphatic heterocycles. The van der Waals surface area contributed by atoms with Gasteiger partial charge in [-0.3, -0.25) is 0 Å². The summed E-state index contributed by atoms with van der Waals surface area (Å²) in [6.45, 7) is 1.81. The van der Waals surface area contributed by atoms with Crippen LogP contribution in [0.1, 0.15) is 6.92 Å². The number of hydrogen-bond acceptors (Lipinski definition) is 5. The maximum absolute atomic E-state index is 12.3. The molecule has 1 atom stereocenters. The van der Waals surface area contributed by atoms with Crippen molar-refractivity contribution in [3.8, 4) is 5.75 Å². The molecule has 5 nitrogen and oxygen atoms in total. The predicted molar refractivity (Wildman–Crippen MR) is 83.3 cm³/mol. The summed E-state index contributed by atoms with van der Waals surface area (Å²) in [4.78, 5) is 0.0450. The fourth-order valence-corrected chi connectivity index (χ4v) is 3.97. The molecule has 108 valence electrons. The third kappa shape index (κ3) is 4.27. The quantitative estimate of drug-likeness (QED) is 0.751. The van der Waals surface area contributed by atoms with Gasteiger partial charge in [-0.05, 0) is 41.2 Å². The number of halogens is 1. The van der Waals surface area contributed by atoms with Gasteiger partial charge >= 0.3 is 0 Å². The van der Waals surface area contributed by atoms with Crippen LogP contribution in [0.5, 0.6) is 5.75 Å². The Balaban J connectivity index is 3.17. The number of nitrogens with one attached hydrogen (secondary N) is 1. The molecule has 0 saturated heterocycles. The highest BCUT2D eigenvalue weighted by Crippen LogP contribution is 2.32. The van der Waals surface area contributed by atoms with Crippen molar-refractivity contribution < 1.29 is 13.2 Å². The molecule has 0 saturated carbocycles. The summed E-state index contributed by atoms with van der Waals surface area (Å²) in [5.41, 5.74) is 6.08. The molecule has 0 amide bonds. The van der Waals surface area contributed by atoms with Crippen molar-refractivity contribution in [2.75, 3.05) is 24.9 Å². The molecule has 0 fully saturated rings. The molecule has 0 heterocycles. The van der Waals surface area contributed by atoms with Crippen LogP contribution in [0.3, 0.4) is 0 Å². The Morgan fingerprint density at radius 1 is 1.53 bits per heavy atom. The first-order chi connectivity index (χ1) is 8.81. The lowest BCUT2D eigenvalue weighted by Crippen LogP contribution is -2.34. The van der Waals surface area contributed by atoms with Gasteiger partial charge in [0.25, 0.3) is 0 Å². The fourth-order valence-electron chi connectivity index (χ4n) is 1.53. The number of nitrogen functional groups attached to an aromatic ring is 1. The van der Waals surface area contributed by atoms with Crippen molar-refractivity contribution in [3.05, 3.63) is 16.6 Å². The third-order valence-electron chi connectivity index (χ3n) is 2.35. The van der Waals surface area contributed by atoms with E-state index in [1.54, 1.807) is 17.8 Å². The van der Waals surface area contributed by atoms with Gasteiger partial charge in [-0.15, -0.1) is 0 Å². The van der Waals surface area contributed by atoms with Gasteiger partial charge < -0.3 is 10.5 Å². The van der Waals surface area contributed by atoms with Gasteiger partial charge in [0.1, 0.15) is 10.6 Å². The molecule has 0 aliphatic carbocycles. The molecular formula is C11H17BrN2O3S2. The van der Waals surface area contributed by atoms with Crippen molar-refractivity contribution in [1.82, 2.24) is 4.72 Å². The Hall–Kier alpha value is -0.440. The molecule has 1 unspecified atom stereocenters. The Bertz CT molecular complexity index is 549. The van der Waals surface area contributed by atoms with Crippen LogP contribution in [-0.2, 0) is 10.0 Å². The number of benzene rings is 1. The number of methoxy groups -OCH3 is 1. The second kappa shape index (κ2) is 6.83. The first-order valence-corrected chi connectivity index (χ1v) is 9.13. The van der Waals surface area contributed by atoms with Crippen LogP contribution in [0, 0.1) is 0 Å². The summed E-state index contributed by atoms with van der Waals surface area (Å²) in [7, 11) is -2.23. The van der Waals surface area contributed by atoms with E-state index in [2.05, 4.69) is 20.7 Å². The zero-order valence-corrected chi connectivity index (χ0v) is 14.2. The first-order valence-electron chi connectivity index (χ1n) is 5.46. The van der Waals surface area contributed by atoms with Crippen LogP contribution in [0.2, 0.25) is 0 Å². The molecule has 19 heavy (non-hydrogen) atoms. The molecule has 0 aliphatic rings. The average molecular weight is 369 g/mol. The van der Waals surface area contributed by atoms with Gasteiger partial charge in [0.2, 0.25) is 10.0 Å². The van der Waals surface area contributed by atoms with Crippen LogP contribution < -0.4 is 15.2 Å². The molecule has 1 aromatic carbocycles. The van der Waals surface area contributed by atoms with Crippen molar-refractivity contribution in [2.24, 2.45) is 0 Å².